The zero-order valence-electron chi connectivity index (χ0n) is 17.6. The van der Waals surface area contributed by atoms with Crippen molar-refractivity contribution in [3.8, 4) is 17.2 Å². The van der Waals surface area contributed by atoms with E-state index >= 15 is 0 Å². The molecule has 6 nitrogen and oxygen atoms in total. The molecular formula is C21H35N3O3. The van der Waals surface area contributed by atoms with Crippen LogP contribution in [0.4, 0.5) is 0 Å². The van der Waals surface area contributed by atoms with E-state index < -0.39 is 0 Å². The zero-order valence-corrected chi connectivity index (χ0v) is 17.6. The van der Waals surface area contributed by atoms with Gasteiger partial charge in [-0.15, -0.1) is 0 Å². The second kappa shape index (κ2) is 9.72. The number of nitrogens with zero attached hydrogens (tertiary/aromatic N) is 1. The Bertz CT molecular complexity index is 615. The van der Waals surface area contributed by atoms with Crippen LogP contribution in [0.5, 0.6) is 17.2 Å². The molecule has 1 aromatic carbocycles. The van der Waals surface area contributed by atoms with Crippen molar-refractivity contribution in [1.29, 1.82) is 0 Å². The largest absolute Gasteiger partial charge is 0.493 e. The highest BCUT2D eigenvalue weighted by Gasteiger charge is 2.37. The predicted octanol–water partition coefficient (Wildman–Crippen LogP) is 3.59. The Kier molecular flexibility index (Phi) is 7.63. The lowest BCUT2D eigenvalue weighted by Gasteiger charge is -2.43. The van der Waals surface area contributed by atoms with Gasteiger partial charge in [-0.25, -0.2) is 0 Å². The van der Waals surface area contributed by atoms with E-state index in [4.69, 9.17) is 14.2 Å². The van der Waals surface area contributed by atoms with Crippen LogP contribution < -0.4 is 24.8 Å². The first-order chi connectivity index (χ1) is 13.0. The van der Waals surface area contributed by atoms with Gasteiger partial charge >= 0.3 is 0 Å². The summed E-state index contributed by atoms with van der Waals surface area (Å²) in [7, 11) is 6.67. The second-order valence-corrected chi connectivity index (χ2v) is 7.76. The molecule has 2 N–H and O–H groups in total. The van der Waals surface area contributed by atoms with Gasteiger partial charge in [0.1, 0.15) is 0 Å². The lowest BCUT2D eigenvalue weighted by atomic mass is 9.64. The molecule has 0 spiro atoms. The minimum absolute atomic E-state index is 0.429. The smallest absolute Gasteiger partial charge is 0.203 e. The first-order valence-corrected chi connectivity index (χ1v) is 9.70. The first-order valence-electron chi connectivity index (χ1n) is 9.70. The molecule has 0 amide bonds. The van der Waals surface area contributed by atoms with E-state index in [0.717, 1.165) is 24.0 Å². The lowest BCUT2D eigenvalue weighted by molar-refractivity contribution is 0.104. The van der Waals surface area contributed by atoms with Crippen LogP contribution in [0, 0.1) is 11.3 Å². The van der Waals surface area contributed by atoms with E-state index in [-0.39, 0.29) is 0 Å². The van der Waals surface area contributed by atoms with E-state index in [1.807, 2.05) is 12.1 Å². The van der Waals surface area contributed by atoms with Crippen LogP contribution in [0.2, 0.25) is 0 Å². The summed E-state index contributed by atoms with van der Waals surface area (Å²) >= 11 is 0. The molecule has 6 heteroatoms. The van der Waals surface area contributed by atoms with Gasteiger partial charge in [0.2, 0.25) is 5.75 Å². The molecule has 1 saturated carbocycles. The van der Waals surface area contributed by atoms with E-state index in [1.54, 1.807) is 28.4 Å². The van der Waals surface area contributed by atoms with Gasteiger partial charge in [0.05, 0.1) is 21.3 Å². The van der Waals surface area contributed by atoms with Gasteiger partial charge in [-0.2, -0.15) is 0 Å². The number of nitrogens with one attached hydrogen (secondary N) is 2. The summed E-state index contributed by atoms with van der Waals surface area (Å²) in [6.07, 6.45) is 5.22. The number of aliphatic imine (C=N–C) groups is 1. The maximum Gasteiger partial charge on any atom is 0.203 e. The zero-order chi connectivity index (χ0) is 19.9. The second-order valence-electron chi connectivity index (χ2n) is 7.76. The minimum atomic E-state index is 0.429. The Balaban J connectivity index is 1.98. The van der Waals surface area contributed by atoms with E-state index in [0.29, 0.717) is 29.2 Å². The Labute approximate surface area is 163 Å². The average Bonchev–Trinajstić information content (AvgIpc) is 2.64. The molecule has 0 radical (unpaired) electrons. The molecule has 1 aliphatic rings. The van der Waals surface area contributed by atoms with Crippen molar-refractivity contribution in [2.45, 2.75) is 46.1 Å². The van der Waals surface area contributed by atoms with Crippen LogP contribution in [0.1, 0.15) is 45.1 Å². The molecule has 0 bridgehead atoms. The standard InChI is InChI=1S/C21H35N3O3/c1-15(2)12-21(8-7-9-21)14-24-20(22-3)23-13-16-10-17(25-4)19(27-6)18(11-16)26-5/h10-11,15H,7-9,12-14H2,1-6H3,(H2,22,23,24). The summed E-state index contributed by atoms with van der Waals surface area (Å²) in [5.41, 5.74) is 1.46. The van der Waals surface area contributed by atoms with Crippen LogP contribution in [-0.4, -0.2) is 40.9 Å². The fraction of sp³-hybridized carbons (Fsp3) is 0.667. The SMILES string of the molecule is CN=C(NCc1cc(OC)c(OC)c(OC)c1)NCC1(CC(C)C)CCC1. The fourth-order valence-corrected chi connectivity index (χ4v) is 3.91. The average molecular weight is 378 g/mol. The topological polar surface area (TPSA) is 64.1 Å². The first kappa shape index (κ1) is 21.2. The van der Waals surface area contributed by atoms with Gasteiger partial charge in [0.15, 0.2) is 17.5 Å². The van der Waals surface area contributed by atoms with Crippen molar-refractivity contribution in [2.75, 3.05) is 34.9 Å². The summed E-state index contributed by atoms with van der Waals surface area (Å²) in [5, 5.41) is 6.91. The molecule has 152 valence electrons. The maximum atomic E-state index is 5.43. The summed E-state index contributed by atoms with van der Waals surface area (Å²) in [4.78, 5) is 4.37. The van der Waals surface area contributed by atoms with Gasteiger partial charge in [-0.3, -0.25) is 4.99 Å². The number of guanidine groups is 1. The Morgan fingerprint density at radius 2 is 1.70 bits per heavy atom. The van der Waals surface area contributed by atoms with Crippen LogP contribution in [0.3, 0.4) is 0 Å². The monoisotopic (exact) mass is 377 g/mol. The van der Waals surface area contributed by atoms with E-state index in [2.05, 4.69) is 29.5 Å². The van der Waals surface area contributed by atoms with Crippen molar-refractivity contribution in [1.82, 2.24) is 10.6 Å². The summed E-state index contributed by atoms with van der Waals surface area (Å²) < 4.78 is 16.2. The van der Waals surface area contributed by atoms with Crippen molar-refractivity contribution in [3.05, 3.63) is 17.7 Å². The molecule has 0 atom stereocenters. The van der Waals surface area contributed by atoms with Crippen molar-refractivity contribution < 1.29 is 14.2 Å². The summed E-state index contributed by atoms with van der Waals surface area (Å²) in [5.74, 6) is 3.45. The van der Waals surface area contributed by atoms with Gasteiger partial charge in [0, 0.05) is 20.1 Å². The number of benzene rings is 1. The number of methoxy groups -OCH3 is 3. The molecule has 2 rings (SSSR count). The van der Waals surface area contributed by atoms with Gasteiger partial charge in [-0.1, -0.05) is 20.3 Å². The summed E-state index contributed by atoms with van der Waals surface area (Å²) in [6, 6.07) is 3.90. The van der Waals surface area contributed by atoms with Crippen LogP contribution in [0.15, 0.2) is 17.1 Å². The lowest BCUT2D eigenvalue weighted by Crippen LogP contribution is -2.46. The molecule has 0 aliphatic heterocycles. The normalized spacial score (nSPS) is 15.9. The molecule has 1 aromatic rings. The van der Waals surface area contributed by atoms with Crippen molar-refractivity contribution in [2.24, 2.45) is 16.3 Å². The fourth-order valence-electron chi connectivity index (χ4n) is 3.91. The van der Waals surface area contributed by atoms with Crippen LogP contribution in [0.25, 0.3) is 0 Å². The van der Waals surface area contributed by atoms with Gasteiger partial charge in [-0.05, 0) is 48.3 Å². The number of rotatable bonds is 9. The minimum Gasteiger partial charge on any atom is -0.493 e. The highest BCUT2D eigenvalue weighted by Crippen LogP contribution is 2.45. The summed E-state index contributed by atoms with van der Waals surface area (Å²) in [6.45, 7) is 6.20. The Morgan fingerprint density at radius 1 is 1.07 bits per heavy atom. The third kappa shape index (κ3) is 5.44. The third-order valence-corrected chi connectivity index (χ3v) is 5.29. The molecule has 1 fully saturated rings. The Morgan fingerprint density at radius 3 is 2.11 bits per heavy atom. The van der Waals surface area contributed by atoms with Gasteiger partial charge < -0.3 is 24.8 Å². The third-order valence-electron chi connectivity index (χ3n) is 5.29. The van der Waals surface area contributed by atoms with E-state index in [9.17, 15) is 0 Å². The van der Waals surface area contributed by atoms with Gasteiger partial charge in [0.25, 0.3) is 0 Å². The molecule has 0 aromatic heterocycles. The predicted molar refractivity (Wildman–Crippen MR) is 110 cm³/mol. The highest BCUT2D eigenvalue weighted by atomic mass is 16.5. The van der Waals surface area contributed by atoms with Crippen LogP contribution in [-0.2, 0) is 6.54 Å². The van der Waals surface area contributed by atoms with E-state index in [1.165, 1.54) is 25.7 Å². The van der Waals surface area contributed by atoms with Crippen LogP contribution >= 0.6 is 0 Å². The quantitative estimate of drug-likeness (QED) is 0.509. The number of ether oxygens (including phenoxy) is 3. The number of hydrogen-bond donors (Lipinski definition) is 2. The van der Waals surface area contributed by atoms with Crippen molar-refractivity contribution >= 4 is 5.96 Å². The molecule has 1 aliphatic carbocycles. The van der Waals surface area contributed by atoms with Crippen molar-refractivity contribution in [3.63, 3.8) is 0 Å². The maximum absolute atomic E-state index is 5.43. The molecule has 0 heterocycles. The molecule has 27 heavy (non-hydrogen) atoms. The highest BCUT2D eigenvalue weighted by molar-refractivity contribution is 5.79. The number of hydrogen-bond acceptors (Lipinski definition) is 4. The molecular weight excluding hydrogens is 342 g/mol. The molecule has 0 unspecified atom stereocenters. The Hall–Kier alpha value is -2.11. The molecule has 0 saturated heterocycles.